The highest BCUT2D eigenvalue weighted by Crippen LogP contribution is 2.50. The lowest BCUT2D eigenvalue weighted by Crippen LogP contribution is -2.16. The van der Waals surface area contributed by atoms with Gasteiger partial charge in [0.1, 0.15) is 11.2 Å². The fraction of sp³-hybridized carbons (Fsp3) is 0.0612. The molecule has 0 fully saturated rings. The fourth-order valence-electron chi connectivity index (χ4n) is 8.17. The van der Waals surface area contributed by atoms with Crippen LogP contribution in [0.1, 0.15) is 25.0 Å². The Balaban J connectivity index is 1.08. The molecule has 2 nitrogen and oxygen atoms in total. The third-order valence-electron chi connectivity index (χ3n) is 10.8. The summed E-state index contributed by atoms with van der Waals surface area (Å²) in [6.07, 6.45) is 0. The van der Waals surface area contributed by atoms with Gasteiger partial charge in [0.2, 0.25) is 0 Å². The number of benzene rings is 8. The van der Waals surface area contributed by atoms with Crippen molar-refractivity contribution in [3.8, 4) is 33.4 Å². The zero-order valence-electron chi connectivity index (χ0n) is 28.6. The second-order valence-corrected chi connectivity index (χ2v) is 14.2. The van der Waals surface area contributed by atoms with E-state index in [-0.39, 0.29) is 5.41 Å². The van der Waals surface area contributed by atoms with Gasteiger partial charge in [-0.3, -0.25) is 0 Å². The first kappa shape index (κ1) is 29.5. The van der Waals surface area contributed by atoms with Crippen molar-refractivity contribution in [2.75, 3.05) is 4.90 Å². The maximum atomic E-state index is 6.10. The molecule has 51 heavy (non-hydrogen) atoms. The quantitative estimate of drug-likeness (QED) is 0.184. The molecule has 242 valence electrons. The van der Waals surface area contributed by atoms with E-state index in [1.807, 2.05) is 12.1 Å². The first-order chi connectivity index (χ1) is 25.0. The van der Waals surface area contributed by atoms with Gasteiger partial charge in [0.25, 0.3) is 0 Å². The lowest BCUT2D eigenvalue weighted by Gasteiger charge is -2.28. The highest BCUT2D eigenvalue weighted by molar-refractivity contribution is 6.06. The third-order valence-corrected chi connectivity index (χ3v) is 10.8. The van der Waals surface area contributed by atoms with Crippen molar-refractivity contribution in [3.63, 3.8) is 0 Å². The van der Waals surface area contributed by atoms with Gasteiger partial charge in [-0.25, -0.2) is 0 Å². The minimum atomic E-state index is -0.0870. The molecule has 0 N–H and O–H groups in total. The zero-order valence-corrected chi connectivity index (χ0v) is 28.6. The SMILES string of the molecule is CC1(C)c2ccccc2-c2ccc(N(c3ccc(-c4ccccc4)cc3)c3ccc4cc(-c5ccc6oc7ccccc7c6c5)ccc4c3)cc21. The lowest BCUT2D eigenvalue weighted by molar-refractivity contribution is 0.660. The van der Waals surface area contributed by atoms with E-state index in [1.54, 1.807) is 0 Å². The predicted molar refractivity (Wildman–Crippen MR) is 214 cm³/mol. The molecule has 0 atom stereocenters. The summed E-state index contributed by atoms with van der Waals surface area (Å²) in [6, 6.07) is 63.8. The Bertz CT molecular complexity index is 2770. The Morgan fingerprint density at radius 3 is 1.86 bits per heavy atom. The van der Waals surface area contributed by atoms with Gasteiger partial charge in [-0.15, -0.1) is 0 Å². The van der Waals surface area contributed by atoms with Crippen molar-refractivity contribution in [1.82, 2.24) is 0 Å². The van der Waals surface area contributed by atoms with Crippen LogP contribution in [-0.2, 0) is 5.41 Å². The van der Waals surface area contributed by atoms with E-state index < -0.39 is 0 Å². The summed E-state index contributed by atoms with van der Waals surface area (Å²) in [6.45, 7) is 4.70. The van der Waals surface area contributed by atoms with Gasteiger partial charge in [-0.1, -0.05) is 129 Å². The summed E-state index contributed by atoms with van der Waals surface area (Å²) in [5.74, 6) is 0. The van der Waals surface area contributed by atoms with Crippen molar-refractivity contribution in [2.45, 2.75) is 19.3 Å². The predicted octanol–water partition coefficient (Wildman–Crippen LogP) is 13.8. The molecule has 0 saturated heterocycles. The normalized spacial score (nSPS) is 13.1. The van der Waals surface area contributed by atoms with E-state index in [9.17, 15) is 0 Å². The highest BCUT2D eigenvalue weighted by atomic mass is 16.3. The van der Waals surface area contributed by atoms with Crippen LogP contribution in [0.2, 0.25) is 0 Å². The number of nitrogens with zero attached hydrogens (tertiary/aromatic N) is 1. The Morgan fingerprint density at radius 1 is 0.392 bits per heavy atom. The van der Waals surface area contributed by atoms with Crippen LogP contribution in [0.25, 0.3) is 66.1 Å². The third kappa shape index (κ3) is 4.79. The average molecular weight is 654 g/mol. The number of para-hydroxylation sites is 1. The van der Waals surface area contributed by atoms with Crippen LogP contribution in [0.3, 0.4) is 0 Å². The molecule has 0 bridgehead atoms. The van der Waals surface area contributed by atoms with Gasteiger partial charge < -0.3 is 9.32 Å². The monoisotopic (exact) mass is 653 g/mol. The second-order valence-electron chi connectivity index (χ2n) is 14.2. The minimum absolute atomic E-state index is 0.0870. The van der Waals surface area contributed by atoms with Gasteiger partial charge in [0.15, 0.2) is 0 Å². The molecule has 0 amide bonds. The summed E-state index contributed by atoms with van der Waals surface area (Å²) < 4.78 is 6.10. The van der Waals surface area contributed by atoms with Gasteiger partial charge in [0.05, 0.1) is 0 Å². The van der Waals surface area contributed by atoms with E-state index in [2.05, 4.69) is 183 Å². The van der Waals surface area contributed by atoms with Crippen molar-refractivity contribution in [2.24, 2.45) is 0 Å². The Labute approximate surface area is 297 Å². The molecular weight excluding hydrogens is 619 g/mol. The number of hydrogen-bond acceptors (Lipinski definition) is 2. The molecule has 8 aromatic carbocycles. The van der Waals surface area contributed by atoms with Gasteiger partial charge in [0, 0.05) is 33.2 Å². The maximum absolute atomic E-state index is 6.10. The molecule has 1 heterocycles. The first-order valence-electron chi connectivity index (χ1n) is 17.7. The molecule has 1 aliphatic carbocycles. The molecule has 2 heteroatoms. The first-order valence-corrected chi connectivity index (χ1v) is 17.7. The molecule has 1 aromatic heterocycles. The van der Waals surface area contributed by atoms with E-state index in [4.69, 9.17) is 4.42 Å². The molecule has 0 aliphatic heterocycles. The van der Waals surface area contributed by atoms with Crippen LogP contribution < -0.4 is 4.90 Å². The summed E-state index contributed by atoms with van der Waals surface area (Å²) in [5.41, 5.74) is 15.4. The summed E-state index contributed by atoms with van der Waals surface area (Å²) in [4.78, 5) is 2.40. The summed E-state index contributed by atoms with van der Waals surface area (Å²) in [7, 11) is 0. The van der Waals surface area contributed by atoms with Crippen molar-refractivity contribution >= 4 is 49.8 Å². The fourth-order valence-corrected chi connectivity index (χ4v) is 8.17. The average Bonchev–Trinajstić information content (AvgIpc) is 3.67. The van der Waals surface area contributed by atoms with Gasteiger partial charge in [-0.2, -0.15) is 0 Å². The lowest BCUT2D eigenvalue weighted by atomic mass is 9.82. The number of anilines is 3. The molecular formula is C49H35NO. The zero-order chi connectivity index (χ0) is 34.1. The number of furan rings is 1. The number of fused-ring (bicyclic) bond motifs is 7. The largest absolute Gasteiger partial charge is 0.456 e. The molecule has 0 saturated carbocycles. The van der Waals surface area contributed by atoms with Crippen LogP contribution in [0.4, 0.5) is 17.1 Å². The van der Waals surface area contributed by atoms with Crippen LogP contribution in [-0.4, -0.2) is 0 Å². The van der Waals surface area contributed by atoms with Crippen LogP contribution >= 0.6 is 0 Å². The molecule has 10 rings (SSSR count). The van der Waals surface area contributed by atoms with Crippen molar-refractivity contribution in [1.29, 1.82) is 0 Å². The van der Waals surface area contributed by atoms with E-state index >= 15 is 0 Å². The van der Waals surface area contributed by atoms with E-state index in [0.717, 1.165) is 39.0 Å². The number of hydrogen-bond donors (Lipinski definition) is 0. The smallest absolute Gasteiger partial charge is 0.135 e. The molecule has 0 spiro atoms. The van der Waals surface area contributed by atoms with Crippen LogP contribution in [0.5, 0.6) is 0 Å². The highest BCUT2D eigenvalue weighted by Gasteiger charge is 2.35. The second kappa shape index (κ2) is 11.3. The van der Waals surface area contributed by atoms with Crippen LogP contribution in [0, 0.1) is 0 Å². The Hall–Kier alpha value is -6.38. The summed E-state index contributed by atoms with van der Waals surface area (Å²) in [5, 5.41) is 4.70. The van der Waals surface area contributed by atoms with E-state index in [1.165, 1.54) is 55.3 Å². The maximum Gasteiger partial charge on any atom is 0.135 e. The molecule has 0 unspecified atom stereocenters. The molecule has 1 aliphatic rings. The van der Waals surface area contributed by atoms with Crippen molar-refractivity contribution in [3.05, 3.63) is 187 Å². The summed E-state index contributed by atoms with van der Waals surface area (Å²) >= 11 is 0. The topological polar surface area (TPSA) is 16.4 Å². The molecule has 9 aromatic rings. The Morgan fingerprint density at radius 2 is 0.980 bits per heavy atom. The Kier molecular flexibility index (Phi) is 6.56. The van der Waals surface area contributed by atoms with Gasteiger partial charge >= 0.3 is 0 Å². The van der Waals surface area contributed by atoms with Gasteiger partial charge in [-0.05, 0) is 116 Å². The van der Waals surface area contributed by atoms with Crippen LogP contribution in [0.15, 0.2) is 180 Å². The van der Waals surface area contributed by atoms with E-state index in [0.29, 0.717) is 0 Å². The minimum Gasteiger partial charge on any atom is -0.456 e. The van der Waals surface area contributed by atoms with Crippen molar-refractivity contribution < 1.29 is 4.42 Å². The standard InChI is InChI=1S/C49H35NO/c1-49(2)45-14-8-6-12-41(45)42-26-25-40(31-46(42)49)50(38-22-18-33(19-23-38)32-10-4-3-5-11-32)39-24-20-35-28-34(16-17-36(35)29-39)37-21-27-48-44(30-37)43-13-7-9-15-47(43)51-48/h3-31H,1-2H3. The number of rotatable bonds is 5. The molecule has 0 radical (unpaired) electrons.